The van der Waals surface area contributed by atoms with Crippen LogP contribution in [0, 0.1) is 11.8 Å². The minimum Gasteiger partial charge on any atom is -0.356 e. The third-order valence-corrected chi connectivity index (χ3v) is 4.68. The van der Waals surface area contributed by atoms with E-state index in [0.717, 1.165) is 19.5 Å². The second-order valence-corrected chi connectivity index (χ2v) is 6.31. The summed E-state index contributed by atoms with van der Waals surface area (Å²) in [5.74, 6) is 0.777. The maximum atomic E-state index is 12.1. The van der Waals surface area contributed by atoms with Crippen LogP contribution >= 0.6 is 12.4 Å². The predicted molar refractivity (Wildman–Crippen MR) is 101 cm³/mol. The highest BCUT2D eigenvalue weighted by Crippen LogP contribution is 2.20. The number of amides is 1. The highest BCUT2D eigenvalue weighted by molar-refractivity contribution is 5.85. The minimum atomic E-state index is 0. The Kier molecular flexibility index (Phi) is 6.83. The van der Waals surface area contributed by atoms with Crippen LogP contribution in [-0.4, -0.2) is 25.5 Å². The Morgan fingerprint density at radius 3 is 2.50 bits per heavy atom. The quantitative estimate of drug-likeness (QED) is 0.844. The van der Waals surface area contributed by atoms with E-state index in [4.69, 9.17) is 0 Å². The van der Waals surface area contributed by atoms with Crippen LogP contribution in [0.4, 0.5) is 0 Å². The number of carbonyl (C=O) groups excluding carboxylic acids is 1. The summed E-state index contributed by atoms with van der Waals surface area (Å²) in [5.41, 5.74) is 3.71. The van der Waals surface area contributed by atoms with E-state index in [2.05, 4.69) is 59.2 Å². The van der Waals surface area contributed by atoms with E-state index in [0.29, 0.717) is 12.5 Å². The molecule has 1 aliphatic rings. The van der Waals surface area contributed by atoms with E-state index in [1.807, 2.05) is 13.0 Å². The van der Waals surface area contributed by atoms with Crippen LogP contribution < -0.4 is 10.6 Å². The van der Waals surface area contributed by atoms with Crippen molar-refractivity contribution < 1.29 is 4.79 Å². The molecule has 1 amide bonds. The van der Waals surface area contributed by atoms with Gasteiger partial charge in [0.1, 0.15) is 0 Å². The van der Waals surface area contributed by atoms with E-state index in [9.17, 15) is 4.79 Å². The monoisotopic (exact) mass is 344 g/mol. The molecule has 1 saturated heterocycles. The average molecular weight is 345 g/mol. The average Bonchev–Trinajstić information content (AvgIpc) is 2.54. The first-order valence-corrected chi connectivity index (χ1v) is 8.37. The zero-order valence-electron chi connectivity index (χ0n) is 14.0. The van der Waals surface area contributed by atoms with Gasteiger partial charge < -0.3 is 10.6 Å². The lowest BCUT2D eigenvalue weighted by atomic mass is 9.88. The predicted octanol–water partition coefficient (Wildman–Crippen LogP) is 3.29. The summed E-state index contributed by atoms with van der Waals surface area (Å²) in [6.45, 7) is 4.65. The SMILES string of the molecule is CC(C(=O)NCCc1cccc(-c2ccccc2)c1)C1CNC1.Cl. The number of rotatable bonds is 6. The van der Waals surface area contributed by atoms with Crippen molar-refractivity contribution in [2.45, 2.75) is 13.3 Å². The maximum Gasteiger partial charge on any atom is 0.223 e. The molecular weight excluding hydrogens is 320 g/mol. The summed E-state index contributed by atoms with van der Waals surface area (Å²) >= 11 is 0. The molecule has 1 aliphatic heterocycles. The van der Waals surface area contributed by atoms with E-state index in [1.54, 1.807) is 0 Å². The van der Waals surface area contributed by atoms with Crippen molar-refractivity contribution in [2.24, 2.45) is 11.8 Å². The first-order valence-electron chi connectivity index (χ1n) is 8.37. The Morgan fingerprint density at radius 1 is 1.12 bits per heavy atom. The lowest BCUT2D eigenvalue weighted by molar-refractivity contribution is -0.126. The van der Waals surface area contributed by atoms with Gasteiger partial charge in [0.15, 0.2) is 0 Å². The largest absolute Gasteiger partial charge is 0.356 e. The molecule has 0 spiro atoms. The fourth-order valence-electron chi connectivity index (χ4n) is 2.91. The number of hydrogen-bond acceptors (Lipinski definition) is 2. The van der Waals surface area contributed by atoms with Gasteiger partial charge in [-0.3, -0.25) is 4.79 Å². The molecule has 2 N–H and O–H groups in total. The summed E-state index contributed by atoms with van der Waals surface area (Å²) in [6, 6.07) is 18.9. The lowest BCUT2D eigenvalue weighted by Gasteiger charge is -2.31. The zero-order chi connectivity index (χ0) is 16.1. The molecule has 4 heteroatoms. The maximum absolute atomic E-state index is 12.1. The summed E-state index contributed by atoms with van der Waals surface area (Å²) in [6.07, 6.45) is 0.863. The summed E-state index contributed by atoms with van der Waals surface area (Å²) in [4.78, 5) is 12.1. The standard InChI is InChI=1S/C20H24N2O.ClH/c1-15(19-13-21-14-19)20(23)22-11-10-16-6-5-9-18(12-16)17-7-3-2-4-8-17;/h2-9,12,15,19,21H,10-11,13-14H2,1H3,(H,22,23);1H. The molecule has 0 aromatic heterocycles. The highest BCUT2D eigenvalue weighted by Gasteiger charge is 2.28. The Bertz CT molecular complexity index is 656. The van der Waals surface area contributed by atoms with Gasteiger partial charge in [-0.15, -0.1) is 12.4 Å². The number of halogens is 1. The van der Waals surface area contributed by atoms with Crippen LogP contribution in [0.25, 0.3) is 11.1 Å². The summed E-state index contributed by atoms with van der Waals surface area (Å²) in [7, 11) is 0. The van der Waals surface area contributed by atoms with Gasteiger partial charge in [0.05, 0.1) is 0 Å². The van der Waals surface area contributed by atoms with Crippen molar-refractivity contribution in [2.75, 3.05) is 19.6 Å². The summed E-state index contributed by atoms with van der Waals surface area (Å²) in [5, 5.41) is 6.29. The number of benzene rings is 2. The van der Waals surface area contributed by atoms with Crippen molar-refractivity contribution in [1.82, 2.24) is 10.6 Å². The Labute approximate surface area is 150 Å². The minimum absolute atomic E-state index is 0. The molecular formula is C20H25ClN2O. The molecule has 1 heterocycles. The molecule has 0 saturated carbocycles. The van der Waals surface area contributed by atoms with Crippen LogP contribution in [0.3, 0.4) is 0 Å². The normalized spacial score (nSPS) is 15.0. The van der Waals surface area contributed by atoms with Gasteiger partial charge in [-0.1, -0.05) is 61.5 Å². The van der Waals surface area contributed by atoms with Crippen LogP contribution in [0.15, 0.2) is 54.6 Å². The first kappa shape index (κ1) is 18.5. The lowest BCUT2D eigenvalue weighted by Crippen LogP contribution is -2.49. The first-order chi connectivity index (χ1) is 11.2. The van der Waals surface area contributed by atoms with Crippen LogP contribution in [0.5, 0.6) is 0 Å². The highest BCUT2D eigenvalue weighted by atomic mass is 35.5. The van der Waals surface area contributed by atoms with Gasteiger partial charge in [0.2, 0.25) is 5.91 Å². The second-order valence-electron chi connectivity index (χ2n) is 6.31. The zero-order valence-corrected chi connectivity index (χ0v) is 14.8. The van der Waals surface area contributed by atoms with E-state index >= 15 is 0 Å². The molecule has 3 rings (SSSR count). The Balaban J connectivity index is 0.00000208. The van der Waals surface area contributed by atoms with Crippen LogP contribution in [0.2, 0.25) is 0 Å². The molecule has 3 nitrogen and oxygen atoms in total. The number of carbonyl (C=O) groups is 1. The Hall–Kier alpha value is -1.84. The van der Waals surface area contributed by atoms with Crippen molar-refractivity contribution in [3.63, 3.8) is 0 Å². The third-order valence-electron chi connectivity index (χ3n) is 4.68. The van der Waals surface area contributed by atoms with Gasteiger partial charge in [-0.05, 0) is 42.1 Å². The fraction of sp³-hybridized carbons (Fsp3) is 0.350. The topological polar surface area (TPSA) is 41.1 Å². The molecule has 0 bridgehead atoms. The van der Waals surface area contributed by atoms with Crippen molar-refractivity contribution in [3.8, 4) is 11.1 Å². The summed E-state index contributed by atoms with van der Waals surface area (Å²) < 4.78 is 0. The molecule has 2 aromatic carbocycles. The molecule has 0 aliphatic carbocycles. The van der Waals surface area contributed by atoms with Gasteiger partial charge in [0.25, 0.3) is 0 Å². The van der Waals surface area contributed by atoms with Crippen molar-refractivity contribution in [3.05, 3.63) is 60.2 Å². The molecule has 128 valence electrons. The Morgan fingerprint density at radius 2 is 1.83 bits per heavy atom. The van der Waals surface area contributed by atoms with Gasteiger partial charge in [0, 0.05) is 12.5 Å². The van der Waals surface area contributed by atoms with Crippen LogP contribution in [0.1, 0.15) is 12.5 Å². The fourth-order valence-corrected chi connectivity index (χ4v) is 2.91. The van der Waals surface area contributed by atoms with Gasteiger partial charge in [-0.2, -0.15) is 0 Å². The molecule has 24 heavy (non-hydrogen) atoms. The molecule has 0 radical (unpaired) electrons. The smallest absolute Gasteiger partial charge is 0.223 e. The van der Waals surface area contributed by atoms with Gasteiger partial charge in [-0.25, -0.2) is 0 Å². The van der Waals surface area contributed by atoms with Crippen LogP contribution in [-0.2, 0) is 11.2 Å². The van der Waals surface area contributed by atoms with E-state index < -0.39 is 0 Å². The molecule has 1 unspecified atom stereocenters. The third kappa shape index (κ3) is 4.59. The number of hydrogen-bond donors (Lipinski definition) is 2. The van der Waals surface area contributed by atoms with E-state index in [1.165, 1.54) is 16.7 Å². The molecule has 1 atom stereocenters. The molecule has 2 aromatic rings. The van der Waals surface area contributed by atoms with E-state index in [-0.39, 0.29) is 24.2 Å². The van der Waals surface area contributed by atoms with Crippen molar-refractivity contribution >= 4 is 18.3 Å². The molecule has 1 fully saturated rings. The van der Waals surface area contributed by atoms with Gasteiger partial charge >= 0.3 is 0 Å². The second kappa shape index (κ2) is 8.86. The van der Waals surface area contributed by atoms with Crippen molar-refractivity contribution in [1.29, 1.82) is 0 Å². The number of nitrogens with one attached hydrogen (secondary N) is 2.